The Balaban J connectivity index is 1.56. The van der Waals surface area contributed by atoms with Crippen LogP contribution in [-0.4, -0.2) is 23.5 Å². The van der Waals surface area contributed by atoms with Crippen LogP contribution in [-0.2, 0) is 19.1 Å². The van der Waals surface area contributed by atoms with Crippen LogP contribution in [0, 0.1) is 0 Å². The molecule has 0 fully saturated rings. The Morgan fingerprint density at radius 2 is 1.69 bits per heavy atom. The minimum absolute atomic E-state index is 0.157. The van der Waals surface area contributed by atoms with E-state index in [4.69, 9.17) is 4.74 Å². The van der Waals surface area contributed by atoms with Crippen molar-refractivity contribution in [1.29, 1.82) is 0 Å². The molecule has 32 heavy (non-hydrogen) atoms. The van der Waals surface area contributed by atoms with Crippen molar-refractivity contribution in [3.8, 4) is 5.75 Å². The van der Waals surface area contributed by atoms with Crippen LogP contribution >= 0.6 is 0 Å². The molecule has 0 saturated carbocycles. The topological polar surface area (TPSA) is 28.3 Å². The fraction of sp³-hybridized carbons (Fsp3) is 0.231. The van der Waals surface area contributed by atoms with Gasteiger partial charge in [0.1, 0.15) is 5.75 Å². The summed E-state index contributed by atoms with van der Waals surface area (Å²) in [4.78, 5) is 5.88. The average Bonchev–Trinajstić information content (AvgIpc) is 3.17. The van der Waals surface area contributed by atoms with Crippen LogP contribution in [0.15, 0.2) is 72.8 Å². The van der Waals surface area contributed by atoms with Gasteiger partial charge in [-0.05, 0) is 53.4 Å². The van der Waals surface area contributed by atoms with Crippen LogP contribution < -0.4 is 4.74 Å². The van der Waals surface area contributed by atoms with E-state index in [-0.39, 0.29) is 6.04 Å². The summed E-state index contributed by atoms with van der Waals surface area (Å²) in [7, 11) is 1.64. The number of para-hydroxylation sites is 1. The van der Waals surface area contributed by atoms with E-state index in [0.717, 1.165) is 41.1 Å². The molecule has 3 nitrogen and oxygen atoms in total. The average molecular weight is 436 g/mol. The van der Waals surface area contributed by atoms with Gasteiger partial charge in [-0.3, -0.25) is 4.90 Å². The highest BCUT2D eigenvalue weighted by Crippen LogP contribution is 2.40. The lowest BCUT2D eigenvalue weighted by Crippen LogP contribution is -2.35. The van der Waals surface area contributed by atoms with Gasteiger partial charge in [-0.15, -0.1) is 0 Å². The number of hydrogen-bond acceptors (Lipinski definition) is 2. The summed E-state index contributed by atoms with van der Waals surface area (Å²) < 4.78 is 44.7. The Hall–Kier alpha value is -3.25. The first-order valence-electron chi connectivity index (χ1n) is 10.6. The van der Waals surface area contributed by atoms with Gasteiger partial charge in [0.2, 0.25) is 0 Å². The first kappa shape index (κ1) is 20.6. The van der Waals surface area contributed by atoms with Crippen LogP contribution in [0.4, 0.5) is 13.2 Å². The predicted molar refractivity (Wildman–Crippen MR) is 119 cm³/mol. The molecule has 164 valence electrons. The van der Waals surface area contributed by atoms with Crippen LogP contribution in [0.2, 0.25) is 0 Å². The molecule has 0 amide bonds. The van der Waals surface area contributed by atoms with Crippen molar-refractivity contribution >= 4 is 10.9 Å². The number of aromatic nitrogens is 1. The highest BCUT2D eigenvalue weighted by molar-refractivity contribution is 5.85. The zero-order valence-corrected chi connectivity index (χ0v) is 17.6. The van der Waals surface area contributed by atoms with E-state index in [1.165, 1.54) is 23.1 Å². The number of nitrogens with one attached hydrogen (secondary N) is 1. The van der Waals surface area contributed by atoms with Gasteiger partial charge in [0.25, 0.3) is 0 Å². The van der Waals surface area contributed by atoms with Gasteiger partial charge in [-0.1, -0.05) is 42.5 Å². The minimum atomic E-state index is -4.35. The summed E-state index contributed by atoms with van der Waals surface area (Å²) in [5.41, 5.74) is 4.71. The molecule has 0 saturated heterocycles. The summed E-state index contributed by atoms with van der Waals surface area (Å²) in [6.07, 6.45) is -3.47. The molecule has 2 heterocycles. The lowest BCUT2D eigenvalue weighted by molar-refractivity contribution is -0.137. The molecule has 5 rings (SSSR count). The molecule has 0 spiro atoms. The number of halogens is 3. The molecule has 3 aromatic carbocycles. The molecular formula is C26H23F3N2O. The van der Waals surface area contributed by atoms with E-state index < -0.39 is 11.7 Å². The van der Waals surface area contributed by atoms with Gasteiger partial charge in [0.15, 0.2) is 0 Å². The monoisotopic (exact) mass is 436 g/mol. The highest BCUT2D eigenvalue weighted by atomic mass is 19.4. The fourth-order valence-electron chi connectivity index (χ4n) is 4.66. The van der Waals surface area contributed by atoms with E-state index in [9.17, 15) is 13.2 Å². The number of hydrogen-bond donors (Lipinski definition) is 1. The smallest absolute Gasteiger partial charge is 0.416 e. The second-order valence-electron chi connectivity index (χ2n) is 8.15. The van der Waals surface area contributed by atoms with E-state index >= 15 is 0 Å². The van der Waals surface area contributed by atoms with Crippen molar-refractivity contribution in [2.75, 3.05) is 13.7 Å². The zero-order valence-electron chi connectivity index (χ0n) is 17.6. The Kier molecular flexibility index (Phi) is 5.18. The summed E-state index contributed by atoms with van der Waals surface area (Å²) in [6.45, 7) is 1.50. The first-order chi connectivity index (χ1) is 15.4. The van der Waals surface area contributed by atoms with Crippen LogP contribution in [0.5, 0.6) is 5.75 Å². The van der Waals surface area contributed by atoms with E-state index in [1.54, 1.807) is 19.2 Å². The molecule has 1 aromatic heterocycles. The van der Waals surface area contributed by atoms with Gasteiger partial charge in [0.05, 0.1) is 18.7 Å². The Morgan fingerprint density at radius 3 is 2.38 bits per heavy atom. The number of fused-ring (bicyclic) bond motifs is 3. The lowest BCUT2D eigenvalue weighted by atomic mass is 9.91. The van der Waals surface area contributed by atoms with Crippen LogP contribution in [0.1, 0.15) is 34.0 Å². The molecular weight excluding hydrogens is 413 g/mol. The number of ether oxygens (including phenoxy) is 1. The van der Waals surface area contributed by atoms with Crippen LogP contribution in [0.3, 0.4) is 0 Å². The summed E-state index contributed by atoms with van der Waals surface area (Å²) >= 11 is 0. The van der Waals surface area contributed by atoms with Gasteiger partial charge in [-0.2, -0.15) is 13.2 Å². The molecule has 1 aliphatic rings. The first-order valence-corrected chi connectivity index (χ1v) is 10.6. The number of rotatable bonds is 4. The molecule has 0 aliphatic carbocycles. The normalized spacial score (nSPS) is 16.8. The Bertz CT molecular complexity index is 1230. The molecule has 4 aromatic rings. The summed E-state index contributed by atoms with van der Waals surface area (Å²) in [6, 6.07) is 21.5. The zero-order chi connectivity index (χ0) is 22.3. The largest absolute Gasteiger partial charge is 0.497 e. The standard InChI is InChI=1S/C26H23F3N2O/c1-32-20-12-6-17(7-13-20)16-31-15-14-22-21-4-2-3-5-23(21)30-24(22)25(31)18-8-10-19(11-9-18)26(27,28)29/h2-13,25,30H,14-16H2,1H3. The molecule has 1 aliphatic heterocycles. The second-order valence-corrected chi connectivity index (χ2v) is 8.15. The van der Waals surface area contributed by atoms with E-state index in [1.807, 2.05) is 42.5 Å². The van der Waals surface area contributed by atoms with Gasteiger partial charge >= 0.3 is 6.18 Å². The quantitative estimate of drug-likeness (QED) is 0.404. The minimum Gasteiger partial charge on any atom is -0.497 e. The van der Waals surface area contributed by atoms with Gasteiger partial charge < -0.3 is 9.72 Å². The maximum Gasteiger partial charge on any atom is 0.416 e. The summed E-state index contributed by atoms with van der Waals surface area (Å²) in [5.74, 6) is 0.796. The third-order valence-electron chi connectivity index (χ3n) is 6.23. The summed E-state index contributed by atoms with van der Waals surface area (Å²) in [5, 5.41) is 1.18. The Labute approximate surface area is 184 Å². The van der Waals surface area contributed by atoms with Crippen molar-refractivity contribution in [1.82, 2.24) is 9.88 Å². The van der Waals surface area contributed by atoms with E-state index in [2.05, 4.69) is 16.0 Å². The number of benzene rings is 3. The van der Waals surface area contributed by atoms with Crippen molar-refractivity contribution in [2.24, 2.45) is 0 Å². The third kappa shape index (κ3) is 3.75. The van der Waals surface area contributed by atoms with Crippen molar-refractivity contribution in [3.63, 3.8) is 0 Å². The van der Waals surface area contributed by atoms with Gasteiger partial charge in [0, 0.05) is 29.7 Å². The molecule has 1 N–H and O–H groups in total. The molecule has 0 bridgehead atoms. The number of methoxy groups -OCH3 is 1. The molecule has 6 heteroatoms. The van der Waals surface area contributed by atoms with Crippen molar-refractivity contribution < 1.29 is 17.9 Å². The van der Waals surface area contributed by atoms with Crippen molar-refractivity contribution in [3.05, 3.63) is 101 Å². The number of nitrogens with zero attached hydrogens (tertiary/aromatic N) is 1. The fourth-order valence-corrected chi connectivity index (χ4v) is 4.66. The highest BCUT2D eigenvalue weighted by Gasteiger charge is 2.34. The number of H-pyrrole nitrogens is 1. The Morgan fingerprint density at radius 1 is 0.969 bits per heavy atom. The molecule has 1 unspecified atom stereocenters. The van der Waals surface area contributed by atoms with E-state index in [0.29, 0.717) is 6.54 Å². The van der Waals surface area contributed by atoms with Crippen LogP contribution in [0.25, 0.3) is 10.9 Å². The maximum atomic E-state index is 13.1. The number of aromatic amines is 1. The third-order valence-corrected chi connectivity index (χ3v) is 6.23. The van der Waals surface area contributed by atoms with Crippen molar-refractivity contribution in [2.45, 2.75) is 25.2 Å². The second kappa shape index (κ2) is 8.02. The SMILES string of the molecule is COc1ccc(CN2CCc3c([nH]c4ccccc34)C2c2ccc(C(F)(F)F)cc2)cc1. The predicted octanol–water partition coefficient (Wildman–Crippen LogP) is 6.34. The number of alkyl halides is 3. The molecule has 0 radical (unpaired) electrons. The van der Waals surface area contributed by atoms with Gasteiger partial charge in [-0.25, -0.2) is 0 Å². The lowest BCUT2D eigenvalue weighted by Gasteiger charge is -2.36. The maximum absolute atomic E-state index is 13.1. The molecule has 1 atom stereocenters.